The van der Waals surface area contributed by atoms with Crippen molar-refractivity contribution in [3.63, 3.8) is 0 Å². The zero-order chi connectivity index (χ0) is 16.2. The smallest absolute Gasteiger partial charge is 0.240 e. The number of amides is 1. The Morgan fingerprint density at radius 1 is 1.32 bits per heavy atom. The van der Waals surface area contributed by atoms with E-state index in [1.165, 1.54) is 14.0 Å². The third kappa shape index (κ3) is 4.53. The zero-order valence-corrected chi connectivity index (χ0v) is 13.8. The third-order valence-electron chi connectivity index (χ3n) is 3.92. The van der Waals surface area contributed by atoms with E-state index in [0.717, 1.165) is 38.2 Å². The predicted octanol–water partition coefficient (Wildman–Crippen LogP) is 0.553. The maximum absolute atomic E-state index is 11.7. The van der Waals surface area contributed by atoms with Crippen LogP contribution in [0.25, 0.3) is 0 Å². The largest absolute Gasteiger partial charge is 0.356 e. The number of hydrogen-bond donors (Lipinski definition) is 2. The quantitative estimate of drug-likeness (QED) is 0.801. The summed E-state index contributed by atoms with van der Waals surface area (Å²) in [6.07, 6.45) is 1.08. The monoisotopic (exact) mass is 325 g/mol. The summed E-state index contributed by atoms with van der Waals surface area (Å²) in [6.45, 7) is 5.02. The number of hydrogen-bond acceptors (Lipinski definition) is 4. The molecule has 1 saturated heterocycles. The Balaban J connectivity index is 1.88. The van der Waals surface area contributed by atoms with Crippen molar-refractivity contribution < 1.29 is 13.2 Å². The van der Waals surface area contributed by atoms with Crippen molar-refractivity contribution in [2.24, 2.45) is 5.92 Å². The van der Waals surface area contributed by atoms with Gasteiger partial charge in [0.25, 0.3) is 0 Å². The van der Waals surface area contributed by atoms with Crippen LogP contribution in [-0.4, -0.2) is 45.9 Å². The minimum Gasteiger partial charge on any atom is -0.356 e. The molecule has 1 aliphatic rings. The summed E-state index contributed by atoms with van der Waals surface area (Å²) < 4.78 is 25.6. The maximum atomic E-state index is 11.7. The van der Waals surface area contributed by atoms with Crippen LogP contribution in [0.3, 0.4) is 0 Å². The molecule has 1 fully saturated rings. The molecule has 6 nitrogen and oxygen atoms in total. The van der Waals surface area contributed by atoms with Gasteiger partial charge in [0.15, 0.2) is 0 Å². The number of carbonyl (C=O) groups is 1. The van der Waals surface area contributed by atoms with E-state index in [4.69, 9.17) is 0 Å². The highest BCUT2D eigenvalue weighted by atomic mass is 32.2. The molecule has 122 valence electrons. The van der Waals surface area contributed by atoms with Gasteiger partial charge in [-0.15, -0.1) is 0 Å². The lowest BCUT2D eigenvalue weighted by Gasteiger charge is -2.16. The van der Waals surface area contributed by atoms with E-state index in [0.29, 0.717) is 5.92 Å². The molecule has 1 atom stereocenters. The highest BCUT2D eigenvalue weighted by Gasteiger charge is 2.22. The SMILES string of the molecule is CNS(=O)(=O)c1ccc(CN2CCC(CNC(C)=O)C2)cc1. The van der Waals surface area contributed by atoms with Gasteiger partial charge in [-0.25, -0.2) is 13.1 Å². The molecule has 0 spiro atoms. The number of likely N-dealkylation sites (tertiary alicyclic amines) is 1. The average molecular weight is 325 g/mol. The fraction of sp³-hybridized carbons (Fsp3) is 0.533. The second kappa shape index (κ2) is 7.21. The summed E-state index contributed by atoms with van der Waals surface area (Å²) in [5.74, 6) is 0.507. The standard InChI is InChI=1S/C15H23N3O3S/c1-12(19)17-9-14-7-8-18(11-14)10-13-3-5-15(6-4-13)22(20,21)16-2/h3-6,14,16H,7-11H2,1-2H3,(H,17,19). The summed E-state index contributed by atoms with van der Waals surface area (Å²) in [5, 5.41) is 2.86. The first kappa shape index (κ1) is 16.9. The highest BCUT2D eigenvalue weighted by molar-refractivity contribution is 7.89. The van der Waals surface area contributed by atoms with Gasteiger partial charge in [-0.1, -0.05) is 12.1 Å². The molecule has 1 amide bonds. The lowest BCUT2D eigenvalue weighted by molar-refractivity contribution is -0.119. The normalized spacial score (nSPS) is 19.3. The fourth-order valence-corrected chi connectivity index (χ4v) is 3.39. The lowest BCUT2D eigenvalue weighted by atomic mass is 10.1. The van der Waals surface area contributed by atoms with Crippen LogP contribution < -0.4 is 10.0 Å². The van der Waals surface area contributed by atoms with Gasteiger partial charge in [-0.2, -0.15) is 0 Å². The molecule has 1 aromatic carbocycles. The molecule has 1 aromatic rings. The Morgan fingerprint density at radius 2 is 2.00 bits per heavy atom. The molecule has 2 N–H and O–H groups in total. The van der Waals surface area contributed by atoms with Crippen molar-refractivity contribution in [1.82, 2.24) is 14.9 Å². The van der Waals surface area contributed by atoms with E-state index in [1.807, 2.05) is 12.1 Å². The van der Waals surface area contributed by atoms with Gasteiger partial charge >= 0.3 is 0 Å². The molecule has 1 unspecified atom stereocenters. The van der Waals surface area contributed by atoms with E-state index in [1.54, 1.807) is 12.1 Å². The van der Waals surface area contributed by atoms with Crippen molar-refractivity contribution in [3.8, 4) is 0 Å². The van der Waals surface area contributed by atoms with E-state index in [2.05, 4.69) is 14.9 Å². The van der Waals surface area contributed by atoms with E-state index < -0.39 is 10.0 Å². The number of sulfonamides is 1. The molecule has 0 saturated carbocycles. The van der Waals surface area contributed by atoms with Gasteiger partial charge in [-0.05, 0) is 43.6 Å². The van der Waals surface area contributed by atoms with Crippen LogP contribution in [0, 0.1) is 5.92 Å². The topological polar surface area (TPSA) is 78.5 Å². The number of nitrogens with one attached hydrogen (secondary N) is 2. The molecule has 0 aromatic heterocycles. The Bertz CT molecular complexity index is 613. The van der Waals surface area contributed by atoms with Gasteiger partial charge in [0.05, 0.1) is 4.90 Å². The molecule has 0 aliphatic carbocycles. The van der Waals surface area contributed by atoms with Crippen LogP contribution >= 0.6 is 0 Å². The molecule has 22 heavy (non-hydrogen) atoms. The van der Waals surface area contributed by atoms with Gasteiger partial charge in [0.1, 0.15) is 0 Å². The van der Waals surface area contributed by atoms with Crippen molar-refractivity contribution in [2.45, 2.75) is 24.8 Å². The lowest BCUT2D eigenvalue weighted by Crippen LogP contribution is -2.29. The van der Waals surface area contributed by atoms with Crippen LogP contribution in [0.15, 0.2) is 29.2 Å². The molecule has 1 heterocycles. The molecule has 2 rings (SSSR count). The van der Waals surface area contributed by atoms with Crippen molar-refractivity contribution in [2.75, 3.05) is 26.7 Å². The maximum Gasteiger partial charge on any atom is 0.240 e. The van der Waals surface area contributed by atoms with Crippen LogP contribution in [0.2, 0.25) is 0 Å². The summed E-state index contributed by atoms with van der Waals surface area (Å²) in [5.41, 5.74) is 1.09. The molecular formula is C15H23N3O3S. The number of rotatable bonds is 6. The molecule has 7 heteroatoms. The molecule has 1 aliphatic heterocycles. The molecule has 0 radical (unpaired) electrons. The summed E-state index contributed by atoms with van der Waals surface area (Å²) in [7, 11) is -1.96. The molecule has 0 bridgehead atoms. The van der Waals surface area contributed by atoms with Gasteiger partial charge in [-0.3, -0.25) is 9.69 Å². The average Bonchev–Trinajstić information content (AvgIpc) is 2.93. The first-order chi connectivity index (χ1) is 10.4. The summed E-state index contributed by atoms with van der Waals surface area (Å²) in [4.78, 5) is 13.5. The Kier molecular flexibility index (Phi) is 5.55. The van der Waals surface area contributed by atoms with E-state index in [-0.39, 0.29) is 10.8 Å². The van der Waals surface area contributed by atoms with Gasteiger partial charge in [0.2, 0.25) is 15.9 Å². The van der Waals surface area contributed by atoms with Crippen molar-refractivity contribution >= 4 is 15.9 Å². The van der Waals surface area contributed by atoms with Crippen molar-refractivity contribution in [1.29, 1.82) is 0 Å². The second-order valence-electron chi connectivity index (χ2n) is 5.68. The van der Waals surface area contributed by atoms with Crippen LogP contribution in [0.4, 0.5) is 0 Å². The van der Waals surface area contributed by atoms with Crippen LogP contribution in [-0.2, 0) is 21.4 Å². The number of benzene rings is 1. The van der Waals surface area contributed by atoms with E-state index in [9.17, 15) is 13.2 Å². The summed E-state index contributed by atoms with van der Waals surface area (Å²) >= 11 is 0. The Hall–Kier alpha value is -1.44. The zero-order valence-electron chi connectivity index (χ0n) is 13.0. The van der Waals surface area contributed by atoms with E-state index >= 15 is 0 Å². The first-order valence-electron chi connectivity index (χ1n) is 7.40. The van der Waals surface area contributed by atoms with Gasteiger partial charge < -0.3 is 5.32 Å². The first-order valence-corrected chi connectivity index (χ1v) is 8.88. The number of carbonyl (C=O) groups excluding carboxylic acids is 1. The minimum absolute atomic E-state index is 0.0137. The minimum atomic E-state index is -3.37. The third-order valence-corrected chi connectivity index (χ3v) is 5.35. The predicted molar refractivity (Wildman–Crippen MR) is 84.8 cm³/mol. The van der Waals surface area contributed by atoms with Crippen LogP contribution in [0.1, 0.15) is 18.9 Å². The number of nitrogens with zero attached hydrogens (tertiary/aromatic N) is 1. The molecular weight excluding hydrogens is 302 g/mol. The van der Waals surface area contributed by atoms with Crippen molar-refractivity contribution in [3.05, 3.63) is 29.8 Å². The highest BCUT2D eigenvalue weighted by Crippen LogP contribution is 2.19. The Morgan fingerprint density at radius 3 is 2.59 bits per heavy atom. The summed E-state index contributed by atoms with van der Waals surface area (Å²) in [6, 6.07) is 6.97. The fourth-order valence-electron chi connectivity index (χ4n) is 2.66. The van der Waals surface area contributed by atoms with Crippen LogP contribution in [0.5, 0.6) is 0 Å². The Labute approximate surface area is 131 Å². The second-order valence-corrected chi connectivity index (χ2v) is 7.56. The van der Waals surface area contributed by atoms with Gasteiger partial charge in [0, 0.05) is 26.6 Å².